The molecule has 2 aromatic heterocycles. The summed E-state index contributed by atoms with van der Waals surface area (Å²) in [5.74, 6) is 1.82. The summed E-state index contributed by atoms with van der Waals surface area (Å²) < 4.78 is 5.46. The first-order valence-corrected chi connectivity index (χ1v) is 10.6. The molecule has 0 amide bonds. The lowest BCUT2D eigenvalue weighted by molar-refractivity contribution is 0.122. The number of hydrogen-bond donors (Lipinski definition) is 0. The van der Waals surface area contributed by atoms with Crippen LogP contribution in [0.2, 0.25) is 0 Å². The van der Waals surface area contributed by atoms with Gasteiger partial charge in [-0.25, -0.2) is 19.9 Å². The van der Waals surface area contributed by atoms with Crippen LogP contribution in [0.15, 0.2) is 18.6 Å². The SMILES string of the molecule is CCCc1ncc(CN2C3CCC2c2cnc(N4CCOCC4)nc2C3)cn1. The smallest absolute Gasteiger partial charge is 0.225 e. The molecule has 0 aromatic carbocycles. The van der Waals surface area contributed by atoms with E-state index in [0.29, 0.717) is 12.1 Å². The summed E-state index contributed by atoms with van der Waals surface area (Å²) in [6.07, 6.45) is 11.5. The number of fused-ring (bicyclic) bond motifs is 4. The minimum absolute atomic E-state index is 0.419. The monoisotopic (exact) mass is 380 g/mol. The van der Waals surface area contributed by atoms with Gasteiger partial charge in [-0.15, -0.1) is 0 Å². The van der Waals surface area contributed by atoms with E-state index in [2.05, 4.69) is 32.9 Å². The van der Waals surface area contributed by atoms with E-state index < -0.39 is 0 Å². The van der Waals surface area contributed by atoms with Gasteiger partial charge in [-0.3, -0.25) is 4.90 Å². The Balaban J connectivity index is 1.34. The molecule has 3 aliphatic rings. The molecule has 2 aromatic rings. The molecule has 28 heavy (non-hydrogen) atoms. The fraction of sp³-hybridized carbons (Fsp3) is 0.619. The molecule has 5 rings (SSSR count). The molecule has 0 radical (unpaired) electrons. The van der Waals surface area contributed by atoms with Crippen LogP contribution >= 0.6 is 0 Å². The molecular weight excluding hydrogens is 352 g/mol. The van der Waals surface area contributed by atoms with Gasteiger partial charge in [0.05, 0.1) is 18.9 Å². The minimum Gasteiger partial charge on any atom is -0.378 e. The third kappa shape index (κ3) is 3.37. The van der Waals surface area contributed by atoms with Crippen molar-refractivity contribution in [3.63, 3.8) is 0 Å². The molecular formula is C21H28N6O. The van der Waals surface area contributed by atoms with Crippen LogP contribution in [0.25, 0.3) is 0 Å². The van der Waals surface area contributed by atoms with Crippen molar-refractivity contribution >= 4 is 5.95 Å². The van der Waals surface area contributed by atoms with Crippen LogP contribution < -0.4 is 4.90 Å². The van der Waals surface area contributed by atoms with Crippen LogP contribution in [0.3, 0.4) is 0 Å². The maximum absolute atomic E-state index is 5.46. The van der Waals surface area contributed by atoms with Crippen LogP contribution in [0.4, 0.5) is 5.95 Å². The number of aromatic nitrogens is 4. The molecule has 0 aliphatic carbocycles. The highest BCUT2D eigenvalue weighted by Gasteiger charge is 2.41. The van der Waals surface area contributed by atoms with Crippen LogP contribution in [0.1, 0.15) is 54.9 Å². The number of anilines is 1. The van der Waals surface area contributed by atoms with Gasteiger partial charge in [-0.2, -0.15) is 0 Å². The summed E-state index contributed by atoms with van der Waals surface area (Å²) in [4.78, 5) is 23.6. The summed E-state index contributed by atoms with van der Waals surface area (Å²) in [7, 11) is 0. The first-order valence-electron chi connectivity index (χ1n) is 10.6. The molecule has 2 fully saturated rings. The topological polar surface area (TPSA) is 67.3 Å². The quantitative estimate of drug-likeness (QED) is 0.788. The lowest BCUT2D eigenvalue weighted by Crippen LogP contribution is -2.40. The molecule has 7 nitrogen and oxygen atoms in total. The highest BCUT2D eigenvalue weighted by Crippen LogP contribution is 2.43. The standard InChI is InChI=1S/C21H28N6O/c1-2-3-20-22-11-15(12-23-20)14-27-16-4-5-19(27)17-13-24-21(25-18(17)10-16)26-6-8-28-9-7-26/h11-13,16,19H,2-10,14H2,1H3. The Kier molecular flexibility index (Phi) is 4.94. The van der Waals surface area contributed by atoms with Crippen molar-refractivity contribution in [2.75, 3.05) is 31.2 Å². The fourth-order valence-corrected chi connectivity index (χ4v) is 4.75. The lowest BCUT2D eigenvalue weighted by atomic mass is 9.99. The molecule has 2 saturated heterocycles. The lowest BCUT2D eigenvalue weighted by Gasteiger charge is -2.36. The highest BCUT2D eigenvalue weighted by atomic mass is 16.5. The van der Waals surface area contributed by atoms with Crippen molar-refractivity contribution in [1.29, 1.82) is 0 Å². The van der Waals surface area contributed by atoms with E-state index in [1.54, 1.807) is 0 Å². The average Bonchev–Trinajstić information content (AvgIpc) is 3.01. The fourth-order valence-electron chi connectivity index (χ4n) is 4.75. The molecule has 2 atom stereocenters. The van der Waals surface area contributed by atoms with Crippen molar-refractivity contribution in [3.05, 3.63) is 41.2 Å². The number of morpholine rings is 1. The van der Waals surface area contributed by atoms with Crippen LogP contribution in [0, 0.1) is 0 Å². The zero-order valence-corrected chi connectivity index (χ0v) is 16.5. The summed E-state index contributed by atoms with van der Waals surface area (Å²) in [6.45, 7) is 6.36. The van der Waals surface area contributed by atoms with Gasteiger partial charge in [-0.1, -0.05) is 6.92 Å². The number of aryl methyl sites for hydroxylation is 1. The predicted molar refractivity (Wildman–Crippen MR) is 106 cm³/mol. The molecule has 0 spiro atoms. The maximum atomic E-state index is 5.46. The molecule has 0 N–H and O–H groups in total. The van der Waals surface area contributed by atoms with Crippen molar-refractivity contribution in [2.45, 2.75) is 57.7 Å². The summed E-state index contributed by atoms with van der Waals surface area (Å²) >= 11 is 0. The molecule has 7 heteroatoms. The average molecular weight is 380 g/mol. The Morgan fingerprint density at radius 2 is 1.89 bits per heavy atom. The van der Waals surface area contributed by atoms with Gasteiger partial charge >= 0.3 is 0 Å². The van der Waals surface area contributed by atoms with Gasteiger partial charge in [0.2, 0.25) is 5.95 Å². The van der Waals surface area contributed by atoms with Gasteiger partial charge in [-0.05, 0) is 19.3 Å². The minimum atomic E-state index is 0.419. The Morgan fingerprint density at radius 1 is 1.07 bits per heavy atom. The molecule has 0 saturated carbocycles. The van der Waals surface area contributed by atoms with E-state index in [1.807, 2.05) is 12.4 Å². The first-order chi connectivity index (χ1) is 13.8. The Morgan fingerprint density at radius 3 is 2.68 bits per heavy atom. The second-order valence-electron chi connectivity index (χ2n) is 8.05. The van der Waals surface area contributed by atoms with E-state index in [-0.39, 0.29) is 0 Å². The van der Waals surface area contributed by atoms with Crippen molar-refractivity contribution in [2.24, 2.45) is 0 Å². The second kappa shape index (κ2) is 7.72. The normalized spacial score (nSPS) is 24.4. The Hall–Kier alpha value is -2.12. The van der Waals surface area contributed by atoms with Gasteiger partial charge in [0.25, 0.3) is 0 Å². The van der Waals surface area contributed by atoms with E-state index in [1.165, 1.54) is 29.7 Å². The molecule has 5 heterocycles. The molecule has 148 valence electrons. The van der Waals surface area contributed by atoms with Gasteiger partial charge in [0.1, 0.15) is 5.82 Å². The van der Waals surface area contributed by atoms with E-state index in [0.717, 1.165) is 63.9 Å². The third-order valence-corrected chi connectivity index (χ3v) is 6.21. The third-order valence-electron chi connectivity index (χ3n) is 6.21. The zero-order valence-electron chi connectivity index (χ0n) is 16.5. The van der Waals surface area contributed by atoms with E-state index in [9.17, 15) is 0 Å². The molecule has 2 unspecified atom stereocenters. The number of hydrogen-bond acceptors (Lipinski definition) is 7. The van der Waals surface area contributed by atoms with Crippen LogP contribution in [0.5, 0.6) is 0 Å². The van der Waals surface area contributed by atoms with Gasteiger partial charge in [0.15, 0.2) is 0 Å². The number of nitrogens with zero attached hydrogens (tertiary/aromatic N) is 6. The zero-order chi connectivity index (χ0) is 18.9. The maximum Gasteiger partial charge on any atom is 0.225 e. The van der Waals surface area contributed by atoms with Crippen molar-refractivity contribution in [1.82, 2.24) is 24.8 Å². The van der Waals surface area contributed by atoms with Crippen LogP contribution in [-0.2, 0) is 24.1 Å². The van der Waals surface area contributed by atoms with Crippen molar-refractivity contribution < 1.29 is 4.74 Å². The van der Waals surface area contributed by atoms with Gasteiger partial charge in [0, 0.05) is 74.3 Å². The van der Waals surface area contributed by atoms with E-state index >= 15 is 0 Å². The Bertz CT molecular complexity index is 820. The van der Waals surface area contributed by atoms with E-state index in [4.69, 9.17) is 14.7 Å². The van der Waals surface area contributed by atoms with Crippen LogP contribution in [-0.4, -0.2) is 57.2 Å². The molecule has 2 bridgehead atoms. The first kappa shape index (κ1) is 17.9. The van der Waals surface area contributed by atoms with Gasteiger partial charge < -0.3 is 9.64 Å². The summed E-state index contributed by atoms with van der Waals surface area (Å²) in [5, 5.41) is 0. The predicted octanol–water partition coefficient (Wildman–Crippen LogP) is 2.32. The Labute approximate surface area is 166 Å². The second-order valence-corrected chi connectivity index (χ2v) is 8.05. The highest BCUT2D eigenvalue weighted by molar-refractivity contribution is 5.37. The summed E-state index contributed by atoms with van der Waals surface area (Å²) in [6, 6.07) is 0.975. The largest absolute Gasteiger partial charge is 0.378 e. The number of rotatable bonds is 5. The summed E-state index contributed by atoms with van der Waals surface area (Å²) in [5.41, 5.74) is 3.76. The number of ether oxygens (including phenoxy) is 1. The molecule has 3 aliphatic heterocycles. The van der Waals surface area contributed by atoms with Crippen molar-refractivity contribution in [3.8, 4) is 0 Å².